The first-order valence-corrected chi connectivity index (χ1v) is 6.62. The van der Waals surface area contributed by atoms with Crippen molar-refractivity contribution in [3.8, 4) is 0 Å². The van der Waals surface area contributed by atoms with Gasteiger partial charge in [0.2, 0.25) is 0 Å². The number of carbonyl (C=O) groups is 1. The maximum absolute atomic E-state index is 10.7. The molecule has 0 radical (unpaired) electrons. The number of hydrogen-bond acceptors (Lipinski definition) is 4. The van der Waals surface area contributed by atoms with Gasteiger partial charge in [0.1, 0.15) is 0 Å². The molecule has 0 fully saturated rings. The highest BCUT2D eigenvalue weighted by Gasteiger charge is 2.21. The Bertz CT molecular complexity index is 569. The molecule has 0 unspecified atom stereocenters. The SMILES string of the molecule is O=C(O)c1csc(NC2Cc3ccccc3C2)n1. The second-order valence-corrected chi connectivity index (χ2v) is 5.22. The van der Waals surface area contributed by atoms with E-state index >= 15 is 0 Å². The summed E-state index contributed by atoms with van der Waals surface area (Å²) in [6.45, 7) is 0. The van der Waals surface area contributed by atoms with Crippen LogP contribution in [0.5, 0.6) is 0 Å². The van der Waals surface area contributed by atoms with E-state index in [0.717, 1.165) is 12.8 Å². The topological polar surface area (TPSA) is 62.2 Å². The van der Waals surface area contributed by atoms with Gasteiger partial charge in [-0.25, -0.2) is 9.78 Å². The van der Waals surface area contributed by atoms with Gasteiger partial charge in [-0.3, -0.25) is 0 Å². The number of rotatable bonds is 3. The molecule has 2 aromatic rings. The number of hydrogen-bond donors (Lipinski definition) is 2. The van der Waals surface area contributed by atoms with Gasteiger partial charge in [0.15, 0.2) is 10.8 Å². The summed E-state index contributed by atoms with van der Waals surface area (Å²) in [5.74, 6) is -0.978. The molecule has 1 heterocycles. The lowest BCUT2D eigenvalue weighted by atomic mass is 10.1. The zero-order chi connectivity index (χ0) is 12.5. The van der Waals surface area contributed by atoms with Crippen molar-refractivity contribution in [1.29, 1.82) is 0 Å². The molecular weight excluding hydrogens is 248 g/mol. The lowest BCUT2D eigenvalue weighted by molar-refractivity contribution is 0.0691. The van der Waals surface area contributed by atoms with Gasteiger partial charge >= 0.3 is 5.97 Å². The fourth-order valence-electron chi connectivity index (χ4n) is 2.27. The average molecular weight is 260 g/mol. The van der Waals surface area contributed by atoms with Gasteiger partial charge in [-0.2, -0.15) is 0 Å². The van der Waals surface area contributed by atoms with Crippen molar-refractivity contribution in [2.45, 2.75) is 18.9 Å². The first-order valence-electron chi connectivity index (χ1n) is 5.74. The van der Waals surface area contributed by atoms with E-state index in [4.69, 9.17) is 5.11 Å². The zero-order valence-electron chi connectivity index (χ0n) is 9.59. The lowest BCUT2D eigenvalue weighted by Crippen LogP contribution is -2.19. The van der Waals surface area contributed by atoms with Crippen molar-refractivity contribution in [3.05, 3.63) is 46.5 Å². The Balaban J connectivity index is 1.70. The third-order valence-electron chi connectivity index (χ3n) is 3.10. The molecule has 3 rings (SSSR count). The first kappa shape index (κ1) is 11.2. The summed E-state index contributed by atoms with van der Waals surface area (Å²) >= 11 is 1.34. The van der Waals surface area contributed by atoms with E-state index in [1.54, 1.807) is 5.38 Å². The molecule has 1 aromatic heterocycles. The Labute approximate surface area is 108 Å². The van der Waals surface area contributed by atoms with Gasteiger partial charge in [-0.1, -0.05) is 24.3 Å². The molecule has 0 atom stereocenters. The summed E-state index contributed by atoms with van der Waals surface area (Å²) in [4.78, 5) is 14.8. The Morgan fingerprint density at radius 2 is 2.00 bits per heavy atom. The van der Waals surface area contributed by atoms with Crippen LogP contribution >= 0.6 is 11.3 Å². The predicted molar refractivity (Wildman–Crippen MR) is 70.3 cm³/mol. The van der Waals surface area contributed by atoms with Crippen LogP contribution in [0.4, 0.5) is 5.13 Å². The summed E-state index contributed by atoms with van der Waals surface area (Å²) in [5.41, 5.74) is 2.84. The number of benzene rings is 1. The Kier molecular flexibility index (Phi) is 2.76. The van der Waals surface area contributed by atoms with Crippen molar-refractivity contribution in [2.75, 3.05) is 5.32 Å². The molecule has 5 heteroatoms. The summed E-state index contributed by atoms with van der Waals surface area (Å²) in [6, 6.07) is 8.69. The highest BCUT2D eigenvalue weighted by atomic mass is 32.1. The Hall–Kier alpha value is -1.88. The van der Waals surface area contributed by atoms with E-state index in [9.17, 15) is 4.79 Å². The smallest absolute Gasteiger partial charge is 0.355 e. The van der Waals surface area contributed by atoms with Gasteiger partial charge in [0.25, 0.3) is 0 Å². The molecule has 0 bridgehead atoms. The zero-order valence-corrected chi connectivity index (χ0v) is 10.4. The molecule has 0 saturated heterocycles. The molecule has 0 spiro atoms. The molecule has 2 N–H and O–H groups in total. The van der Waals surface area contributed by atoms with Crippen LogP contribution in [0.25, 0.3) is 0 Å². The van der Waals surface area contributed by atoms with Crippen molar-refractivity contribution < 1.29 is 9.90 Å². The van der Waals surface area contributed by atoms with E-state index in [1.165, 1.54) is 22.5 Å². The van der Waals surface area contributed by atoms with Crippen molar-refractivity contribution >= 4 is 22.4 Å². The summed E-state index contributed by atoms with van der Waals surface area (Å²) < 4.78 is 0. The summed E-state index contributed by atoms with van der Waals surface area (Å²) in [5, 5.41) is 14.4. The molecule has 1 aliphatic rings. The third-order valence-corrected chi connectivity index (χ3v) is 3.88. The lowest BCUT2D eigenvalue weighted by Gasteiger charge is -2.09. The number of nitrogens with zero attached hydrogens (tertiary/aromatic N) is 1. The van der Waals surface area contributed by atoms with Crippen LogP contribution in [0.1, 0.15) is 21.6 Å². The highest BCUT2D eigenvalue weighted by molar-refractivity contribution is 7.13. The standard InChI is InChI=1S/C13H12N2O2S/c16-12(17)11-7-18-13(15-11)14-10-5-8-3-1-2-4-9(8)6-10/h1-4,7,10H,5-6H2,(H,14,15)(H,16,17). The largest absolute Gasteiger partial charge is 0.476 e. The monoisotopic (exact) mass is 260 g/mol. The normalized spacial score (nSPS) is 14.4. The van der Waals surface area contributed by atoms with Gasteiger partial charge in [-0.15, -0.1) is 11.3 Å². The minimum atomic E-state index is -0.978. The molecule has 0 aliphatic heterocycles. The minimum absolute atomic E-state index is 0.109. The number of anilines is 1. The third kappa shape index (κ3) is 2.09. The van der Waals surface area contributed by atoms with Gasteiger partial charge in [0, 0.05) is 11.4 Å². The first-order chi connectivity index (χ1) is 8.72. The minimum Gasteiger partial charge on any atom is -0.476 e. The predicted octanol–water partition coefficient (Wildman–Crippen LogP) is 2.42. The van der Waals surface area contributed by atoms with Crippen LogP contribution in [-0.2, 0) is 12.8 Å². The van der Waals surface area contributed by atoms with Crippen LogP contribution < -0.4 is 5.32 Å². The molecule has 92 valence electrons. The van der Waals surface area contributed by atoms with Crippen LogP contribution in [0, 0.1) is 0 Å². The maximum Gasteiger partial charge on any atom is 0.355 e. The Morgan fingerprint density at radius 1 is 1.33 bits per heavy atom. The maximum atomic E-state index is 10.7. The van der Waals surface area contributed by atoms with Crippen molar-refractivity contribution in [1.82, 2.24) is 4.98 Å². The van der Waals surface area contributed by atoms with Gasteiger partial charge < -0.3 is 10.4 Å². The number of carboxylic acids is 1. The van der Waals surface area contributed by atoms with Crippen molar-refractivity contribution in [3.63, 3.8) is 0 Å². The molecule has 0 amide bonds. The second kappa shape index (κ2) is 4.42. The van der Waals surface area contributed by atoms with Crippen LogP contribution in [0.3, 0.4) is 0 Å². The number of thiazole rings is 1. The molecular formula is C13H12N2O2S. The van der Waals surface area contributed by atoms with Crippen LogP contribution in [-0.4, -0.2) is 22.1 Å². The number of aromatic carboxylic acids is 1. The van der Waals surface area contributed by atoms with E-state index in [1.807, 2.05) is 12.1 Å². The fraction of sp³-hybridized carbons (Fsp3) is 0.231. The fourth-order valence-corrected chi connectivity index (χ4v) is 3.04. The average Bonchev–Trinajstić information content (AvgIpc) is 2.94. The molecule has 1 aliphatic carbocycles. The molecule has 1 aromatic carbocycles. The number of aromatic nitrogens is 1. The second-order valence-electron chi connectivity index (χ2n) is 4.36. The van der Waals surface area contributed by atoms with Gasteiger partial charge in [-0.05, 0) is 24.0 Å². The van der Waals surface area contributed by atoms with E-state index in [0.29, 0.717) is 11.2 Å². The number of carboxylic acid groups (broad SMARTS) is 1. The highest BCUT2D eigenvalue weighted by Crippen LogP contribution is 2.25. The molecule has 0 saturated carbocycles. The molecule has 4 nitrogen and oxygen atoms in total. The Morgan fingerprint density at radius 3 is 2.56 bits per heavy atom. The van der Waals surface area contributed by atoms with Crippen molar-refractivity contribution in [2.24, 2.45) is 0 Å². The summed E-state index contributed by atoms with van der Waals surface area (Å²) in [6.07, 6.45) is 1.94. The van der Waals surface area contributed by atoms with Crippen LogP contribution in [0.2, 0.25) is 0 Å². The van der Waals surface area contributed by atoms with E-state index < -0.39 is 5.97 Å². The number of fused-ring (bicyclic) bond motifs is 1. The quantitative estimate of drug-likeness (QED) is 0.889. The van der Waals surface area contributed by atoms with Gasteiger partial charge in [0.05, 0.1) is 0 Å². The molecule has 18 heavy (non-hydrogen) atoms. The number of nitrogens with one attached hydrogen (secondary N) is 1. The van der Waals surface area contributed by atoms with Crippen LogP contribution in [0.15, 0.2) is 29.6 Å². The van der Waals surface area contributed by atoms with E-state index in [2.05, 4.69) is 22.4 Å². The summed E-state index contributed by atoms with van der Waals surface area (Å²) in [7, 11) is 0. The van der Waals surface area contributed by atoms with E-state index in [-0.39, 0.29) is 5.69 Å².